The first kappa shape index (κ1) is 33.7. The van der Waals surface area contributed by atoms with Crippen LogP contribution in [0.4, 0.5) is 14.0 Å². The Morgan fingerprint density at radius 1 is 1.00 bits per heavy atom. The van der Waals surface area contributed by atoms with E-state index in [-0.39, 0.29) is 73.8 Å². The second-order valence-electron chi connectivity index (χ2n) is 11.4. The molecule has 0 saturated carbocycles. The quantitative estimate of drug-likeness (QED) is 0.159. The van der Waals surface area contributed by atoms with Gasteiger partial charge in [0.05, 0.1) is 24.9 Å². The first-order chi connectivity index (χ1) is 23.6. The Labute approximate surface area is 281 Å². The Morgan fingerprint density at radius 2 is 1.73 bits per heavy atom. The number of halogens is 1. The lowest BCUT2D eigenvalue weighted by Gasteiger charge is -2.34. The van der Waals surface area contributed by atoms with E-state index in [4.69, 9.17) is 18.5 Å². The third-order valence-corrected chi connectivity index (χ3v) is 9.86. The molecule has 1 N–H and O–H groups in total. The van der Waals surface area contributed by atoms with Crippen molar-refractivity contribution in [3.05, 3.63) is 95.4 Å². The fourth-order valence-electron chi connectivity index (χ4n) is 5.75. The summed E-state index contributed by atoms with van der Waals surface area (Å²) in [6.07, 6.45) is -0.369. The molecule has 6 rings (SSSR count). The molecule has 2 aliphatic rings. The van der Waals surface area contributed by atoms with Gasteiger partial charge in [-0.1, -0.05) is 30.3 Å². The van der Waals surface area contributed by atoms with Crippen LogP contribution in [0.1, 0.15) is 28.4 Å². The van der Waals surface area contributed by atoms with E-state index in [1.54, 1.807) is 61.5 Å². The summed E-state index contributed by atoms with van der Waals surface area (Å²) in [5.41, 5.74) is 1.18. The molecule has 1 unspecified atom stereocenters. The number of aromatic nitrogens is 1. The average Bonchev–Trinajstić information content (AvgIpc) is 3.42. The summed E-state index contributed by atoms with van der Waals surface area (Å²) in [5.74, 6) is -0.744. The van der Waals surface area contributed by atoms with Crippen molar-refractivity contribution < 1.29 is 47.0 Å². The Hall–Kier alpha value is -5.20. The van der Waals surface area contributed by atoms with Gasteiger partial charge in [-0.15, -0.1) is 0 Å². The topological polar surface area (TPSA) is 148 Å². The standard InChI is InChI=1S/C34H34FN4O9P/c1-2-45-34(43)48-49(44,47-25-7-4-3-5-8-25)20-19-37-15-17-38(18-16-37)33(42)46-31-26-9-6-14-36-29(26)30(40)28-27(31)22-39(32(28)41)21-23-10-12-24(35)13-11-23/h3-14,40H,2,15-22H2,1H3. The first-order valence-electron chi connectivity index (χ1n) is 15.7. The monoisotopic (exact) mass is 692 g/mol. The van der Waals surface area contributed by atoms with Crippen LogP contribution in [-0.2, 0) is 26.9 Å². The third-order valence-electron chi connectivity index (χ3n) is 8.20. The van der Waals surface area contributed by atoms with Gasteiger partial charge in [0.1, 0.15) is 22.8 Å². The second kappa shape index (κ2) is 14.5. The number of para-hydroxylation sites is 1. The summed E-state index contributed by atoms with van der Waals surface area (Å²) in [5, 5.41) is 11.5. The van der Waals surface area contributed by atoms with E-state index in [0.29, 0.717) is 29.6 Å². The lowest BCUT2D eigenvalue weighted by molar-refractivity contribution is 0.0764. The number of phenols is 1. The maximum Gasteiger partial charge on any atom is 0.515 e. The molecular formula is C34H34FN4O9P. The van der Waals surface area contributed by atoms with Crippen molar-refractivity contribution in [2.24, 2.45) is 0 Å². The van der Waals surface area contributed by atoms with E-state index in [9.17, 15) is 28.4 Å². The minimum absolute atomic E-state index is 0.00752. The maximum absolute atomic E-state index is 13.6. The molecule has 3 aromatic carbocycles. The van der Waals surface area contributed by atoms with Gasteiger partial charge < -0.3 is 33.4 Å². The fourth-order valence-corrected chi connectivity index (χ4v) is 7.22. The second-order valence-corrected chi connectivity index (χ2v) is 13.5. The maximum atomic E-state index is 13.6. The number of pyridine rings is 1. The van der Waals surface area contributed by atoms with Crippen LogP contribution in [0.5, 0.6) is 17.2 Å². The van der Waals surface area contributed by atoms with Crippen LogP contribution in [0.2, 0.25) is 0 Å². The number of amides is 2. The highest BCUT2D eigenvalue weighted by atomic mass is 31.2. The van der Waals surface area contributed by atoms with E-state index in [1.165, 1.54) is 28.1 Å². The molecule has 0 aliphatic carbocycles. The Bertz CT molecular complexity index is 1900. The zero-order valence-electron chi connectivity index (χ0n) is 26.6. The van der Waals surface area contributed by atoms with Gasteiger partial charge in [-0.05, 0) is 48.9 Å². The smallest absolute Gasteiger partial charge is 0.505 e. The van der Waals surface area contributed by atoms with Crippen LogP contribution in [-0.4, -0.2) is 88.4 Å². The van der Waals surface area contributed by atoms with Crippen LogP contribution in [0.15, 0.2) is 72.9 Å². The normalized spacial score (nSPS) is 15.8. The molecular weight excluding hydrogens is 658 g/mol. The number of hydrogen-bond donors (Lipinski definition) is 1. The minimum atomic E-state index is -3.94. The highest BCUT2D eigenvalue weighted by Crippen LogP contribution is 2.49. The third kappa shape index (κ3) is 7.60. The van der Waals surface area contributed by atoms with Crippen molar-refractivity contribution in [3.8, 4) is 17.2 Å². The summed E-state index contributed by atoms with van der Waals surface area (Å²) >= 11 is 0. The molecule has 15 heteroatoms. The van der Waals surface area contributed by atoms with Crippen molar-refractivity contribution in [2.45, 2.75) is 20.0 Å². The lowest BCUT2D eigenvalue weighted by atomic mass is 10.0. The van der Waals surface area contributed by atoms with Gasteiger partial charge in [-0.3, -0.25) is 14.7 Å². The molecule has 49 heavy (non-hydrogen) atoms. The van der Waals surface area contributed by atoms with Gasteiger partial charge in [-0.25, -0.2) is 18.5 Å². The van der Waals surface area contributed by atoms with Crippen LogP contribution in [0.25, 0.3) is 10.9 Å². The Balaban J connectivity index is 1.13. The molecule has 256 valence electrons. The molecule has 13 nitrogen and oxygen atoms in total. The number of aromatic hydroxyl groups is 1. The Kier molecular flexibility index (Phi) is 9.97. The van der Waals surface area contributed by atoms with Gasteiger partial charge in [0.2, 0.25) is 0 Å². The number of carbonyl (C=O) groups is 3. The van der Waals surface area contributed by atoms with Crippen LogP contribution >= 0.6 is 7.60 Å². The van der Waals surface area contributed by atoms with E-state index in [2.05, 4.69) is 4.98 Å². The molecule has 1 saturated heterocycles. The summed E-state index contributed by atoms with van der Waals surface area (Å²) < 4.78 is 48.6. The Morgan fingerprint density at radius 3 is 2.45 bits per heavy atom. The largest absolute Gasteiger partial charge is 0.515 e. The minimum Gasteiger partial charge on any atom is -0.505 e. The predicted octanol–water partition coefficient (Wildman–Crippen LogP) is 5.80. The molecule has 1 fully saturated rings. The van der Waals surface area contributed by atoms with Crippen LogP contribution < -0.4 is 9.26 Å². The summed E-state index contributed by atoms with van der Waals surface area (Å²) in [4.78, 5) is 48.3. The van der Waals surface area contributed by atoms with Crippen molar-refractivity contribution in [3.63, 3.8) is 0 Å². The first-order valence-corrected chi connectivity index (χ1v) is 17.4. The lowest BCUT2D eigenvalue weighted by Crippen LogP contribution is -2.50. The number of fused-ring (bicyclic) bond motifs is 2. The van der Waals surface area contributed by atoms with E-state index in [1.807, 2.05) is 4.90 Å². The van der Waals surface area contributed by atoms with Crippen molar-refractivity contribution in [2.75, 3.05) is 45.5 Å². The van der Waals surface area contributed by atoms with Gasteiger partial charge >= 0.3 is 19.8 Å². The number of carbonyl (C=O) groups excluding carboxylic acids is 3. The molecule has 0 bridgehead atoms. The highest BCUT2D eigenvalue weighted by Gasteiger charge is 2.37. The summed E-state index contributed by atoms with van der Waals surface area (Å²) in [6.45, 7) is 3.46. The van der Waals surface area contributed by atoms with E-state index in [0.717, 1.165) is 0 Å². The molecule has 1 aromatic heterocycles. The highest BCUT2D eigenvalue weighted by molar-refractivity contribution is 7.54. The molecule has 2 amide bonds. The van der Waals surface area contributed by atoms with Gasteiger partial charge in [0.15, 0.2) is 5.75 Å². The molecule has 0 spiro atoms. The number of rotatable bonds is 10. The molecule has 3 heterocycles. The van der Waals surface area contributed by atoms with Gasteiger partial charge in [0.25, 0.3) is 5.91 Å². The van der Waals surface area contributed by atoms with E-state index >= 15 is 0 Å². The zero-order chi connectivity index (χ0) is 34.5. The molecule has 0 radical (unpaired) electrons. The molecule has 4 aromatic rings. The number of benzene rings is 3. The van der Waals surface area contributed by atoms with Crippen molar-refractivity contribution in [1.29, 1.82) is 0 Å². The molecule has 2 aliphatic heterocycles. The van der Waals surface area contributed by atoms with Crippen LogP contribution in [0, 0.1) is 5.82 Å². The summed E-state index contributed by atoms with van der Waals surface area (Å²) in [7, 11) is -3.94. The average molecular weight is 693 g/mol. The number of piperazine rings is 1. The number of phenolic OH excluding ortho intramolecular Hbond substituents is 1. The fraction of sp³-hybridized carbons (Fsp3) is 0.294. The number of nitrogens with zero attached hydrogens (tertiary/aromatic N) is 4. The van der Waals surface area contributed by atoms with E-state index < -0.39 is 31.6 Å². The SMILES string of the molecule is CCOC(=O)OP(=O)(CCN1CCN(C(=O)Oc2c3c(c(O)c4ncccc24)C(=O)N(Cc2ccc(F)cc2)C3)CC1)Oc1ccccc1. The van der Waals surface area contributed by atoms with Crippen molar-refractivity contribution in [1.82, 2.24) is 19.7 Å². The summed E-state index contributed by atoms with van der Waals surface area (Å²) in [6, 6.07) is 17.5. The number of hydrogen-bond acceptors (Lipinski definition) is 11. The van der Waals surface area contributed by atoms with Gasteiger partial charge in [-0.2, -0.15) is 0 Å². The zero-order valence-corrected chi connectivity index (χ0v) is 27.5. The van der Waals surface area contributed by atoms with Crippen molar-refractivity contribution >= 4 is 36.7 Å². The molecule has 1 atom stereocenters. The number of ether oxygens (including phenoxy) is 2. The van der Waals surface area contributed by atoms with Crippen LogP contribution in [0.3, 0.4) is 0 Å². The van der Waals surface area contributed by atoms with Gasteiger partial charge in [0, 0.05) is 56.4 Å². The predicted molar refractivity (Wildman–Crippen MR) is 175 cm³/mol.